The smallest absolute Gasteiger partial charge is 0.246 e. The Balaban J connectivity index is 1.55. The number of hydrogen-bond donors (Lipinski definition) is 1. The first-order chi connectivity index (χ1) is 10.2. The summed E-state index contributed by atoms with van der Waals surface area (Å²) in [6, 6.07) is 0.718. The van der Waals surface area contributed by atoms with Gasteiger partial charge in [-0.2, -0.15) is 21.2 Å². The van der Waals surface area contributed by atoms with E-state index in [1.807, 2.05) is 0 Å². The molecule has 21 heavy (non-hydrogen) atoms. The number of thioether (sulfide) groups is 1. The average Bonchev–Trinajstić information content (AvgIpc) is 3.20. The molecule has 0 bridgehead atoms. The Morgan fingerprint density at radius 3 is 2.81 bits per heavy atom. The van der Waals surface area contributed by atoms with Crippen LogP contribution in [0.4, 0.5) is 0 Å². The van der Waals surface area contributed by atoms with Gasteiger partial charge in [-0.15, -0.1) is 0 Å². The summed E-state index contributed by atoms with van der Waals surface area (Å²) in [6.45, 7) is 2.92. The summed E-state index contributed by atoms with van der Waals surface area (Å²) >= 11 is 1.80. The summed E-state index contributed by atoms with van der Waals surface area (Å²) in [4.78, 5) is 0.324. The third-order valence-electron chi connectivity index (χ3n) is 3.79. The summed E-state index contributed by atoms with van der Waals surface area (Å²) in [6.07, 6.45) is 6.69. The highest BCUT2D eigenvalue weighted by atomic mass is 32.2. The fraction of sp³-hybridized carbons (Fsp3) is 0.769. The van der Waals surface area contributed by atoms with Crippen molar-refractivity contribution < 1.29 is 8.42 Å². The Labute approximate surface area is 130 Å². The molecule has 1 aliphatic heterocycles. The van der Waals surface area contributed by atoms with Gasteiger partial charge in [0.05, 0.1) is 6.20 Å². The lowest BCUT2D eigenvalue weighted by Gasteiger charge is -2.24. The summed E-state index contributed by atoms with van der Waals surface area (Å²) in [5.74, 6) is 1.75. The maximum Gasteiger partial charge on any atom is 0.246 e. The van der Waals surface area contributed by atoms with Gasteiger partial charge < -0.3 is 5.32 Å². The van der Waals surface area contributed by atoms with E-state index in [-0.39, 0.29) is 0 Å². The van der Waals surface area contributed by atoms with E-state index in [2.05, 4.69) is 10.4 Å². The van der Waals surface area contributed by atoms with Crippen LogP contribution in [0.1, 0.15) is 19.3 Å². The molecule has 0 spiro atoms. The van der Waals surface area contributed by atoms with Crippen molar-refractivity contribution in [3.63, 3.8) is 0 Å². The van der Waals surface area contributed by atoms with Crippen LogP contribution in [-0.4, -0.2) is 59.7 Å². The van der Waals surface area contributed by atoms with Crippen molar-refractivity contribution in [2.24, 2.45) is 0 Å². The topological polar surface area (TPSA) is 67.2 Å². The van der Waals surface area contributed by atoms with Crippen molar-refractivity contribution in [1.29, 1.82) is 0 Å². The number of nitrogens with one attached hydrogen (secondary N) is 1. The van der Waals surface area contributed by atoms with Crippen LogP contribution in [0.3, 0.4) is 0 Å². The molecule has 0 radical (unpaired) electrons. The lowest BCUT2D eigenvalue weighted by molar-refractivity contribution is 0.443. The predicted octanol–water partition coefficient (Wildman–Crippen LogP) is 0.763. The largest absolute Gasteiger partial charge is 0.314 e. The minimum Gasteiger partial charge on any atom is -0.314 e. The van der Waals surface area contributed by atoms with Crippen LogP contribution < -0.4 is 5.32 Å². The molecule has 6 nitrogen and oxygen atoms in total. The Morgan fingerprint density at radius 1 is 1.33 bits per heavy atom. The Hall–Kier alpha value is -0.570. The molecule has 0 aromatic carbocycles. The maximum absolute atomic E-state index is 12.5. The van der Waals surface area contributed by atoms with Gasteiger partial charge in [0.2, 0.25) is 10.0 Å². The van der Waals surface area contributed by atoms with Gasteiger partial charge in [-0.3, -0.25) is 4.68 Å². The van der Waals surface area contributed by atoms with Gasteiger partial charge in [-0.25, -0.2) is 8.42 Å². The molecular formula is C13H22N4O2S2. The molecular weight excluding hydrogens is 308 g/mol. The molecule has 3 rings (SSSR count). The Kier molecular flexibility index (Phi) is 4.88. The van der Waals surface area contributed by atoms with Gasteiger partial charge in [-0.1, -0.05) is 0 Å². The fourth-order valence-electron chi connectivity index (χ4n) is 2.37. The molecule has 0 atom stereocenters. The zero-order chi connectivity index (χ0) is 14.7. The number of aryl methyl sites for hydroxylation is 1. The predicted molar refractivity (Wildman–Crippen MR) is 84.0 cm³/mol. The molecule has 1 saturated carbocycles. The number of sulfonamides is 1. The first-order valence-electron chi connectivity index (χ1n) is 7.50. The quantitative estimate of drug-likeness (QED) is 0.748. The maximum atomic E-state index is 12.5. The van der Waals surface area contributed by atoms with Gasteiger partial charge in [0.15, 0.2) is 0 Å². The second kappa shape index (κ2) is 6.68. The van der Waals surface area contributed by atoms with Crippen LogP contribution in [0, 0.1) is 0 Å². The van der Waals surface area contributed by atoms with Crippen molar-refractivity contribution in [3.05, 3.63) is 12.4 Å². The van der Waals surface area contributed by atoms with E-state index in [1.54, 1.807) is 26.9 Å². The molecule has 2 aliphatic rings. The monoisotopic (exact) mass is 330 g/mol. The minimum absolute atomic E-state index is 0.324. The third kappa shape index (κ3) is 4.00. The van der Waals surface area contributed by atoms with Gasteiger partial charge in [0.25, 0.3) is 0 Å². The van der Waals surface area contributed by atoms with Crippen LogP contribution in [-0.2, 0) is 16.6 Å². The van der Waals surface area contributed by atoms with E-state index >= 15 is 0 Å². The van der Waals surface area contributed by atoms with E-state index < -0.39 is 10.0 Å². The molecule has 1 aromatic rings. The van der Waals surface area contributed by atoms with E-state index in [4.69, 9.17) is 0 Å². The molecule has 1 aromatic heterocycles. The number of rotatable bonds is 7. The molecule has 1 N–H and O–H groups in total. The molecule has 1 saturated heterocycles. The molecule has 0 unspecified atom stereocenters. The second-order valence-electron chi connectivity index (χ2n) is 5.54. The van der Waals surface area contributed by atoms with E-state index in [1.165, 1.54) is 19.0 Å². The van der Waals surface area contributed by atoms with Crippen molar-refractivity contribution in [3.8, 4) is 0 Å². The first-order valence-corrected chi connectivity index (χ1v) is 10.1. The number of nitrogens with zero attached hydrogens (tertiary/aromatic N) is 3. The second-order valence-corrected chi connectivity index (χ2v) is 8.70. The zero-order valence-electron chi connectivity index (χ0n) is 12.1. The van der Waals surface area contributed by atoms with Crippen molar-refractivity contribution in [2.45, 2.75) is 36.7 Å². The normalized spacial score (nSPS) is 20.8. The third-order valence-corrected chi connectivity index (χ3v) is 6.59. The van der Waals surface area contributed by atoms with Crippen molar-refractivity contribution in [2.75, 3.05) is 31.1 Å². The molecule has 2 fully saturated rings. The highest BCUT2D eigenvalue weighted by molar-refractivity contribution is 7.99. The van der Waals surface area contributed by atoms with Gasteiger partial charge >= 0.3 is 0 Å². The van der Waals surface area contributed by atoms with Crippen LogP contribution in [0.25, 0.3) is 0 Å². The molecule has 1 aliphatic carbocycles. The average molecular weight is 330 g/mol. The summed E-state index contributed by atoms with van der Waals surface area (Å²) in [7, 11) is -3.35. The highest BCUT2D eigenvalue weighted by Crippen LogP contribution is 2.20. The zero-order valence-corrected chi connectivity index (χ0v) is 13.7. The molecule has 8 heteroatoms. The van der Waals surface area contributed by atoms with Gasteiger partial charge in [0, 0.05) is 43.4 Å². The number of hydrogen-bond acceptors (Lipinski definition) is 5. The highest BCUT2D eigenvalue weighted by Gasteiger charge is 2.27. The van der Waals surface area contributed by atoms with Crippen LogP contribution >= 0.6 is 11.8 Å². The summed E-state index contributed by atoms with van der Waals surface area (Å²) in [5, 5.41) is 7.63. The van der Waals surface area contributed by atoms with Crippen LogP contribution in [0.2, 0.25) is 0 Å². The van der Waals surface area contributed by atoms with Gasteiger partial charge in [-0.05, 0) is 25.8 Å². The molecule has 2 heterocycles. The first kappa shape index (κ1) is 15.3. The van der Waals surface area contributed by atoms with Crippen molar-refractivity contribution >= 4 is 21.8 Å². The minimum atomic E-state index is -3.35. The fourth-order valence-corrected chi connectivity index (χ4v) is 4.90. The Bertz CT molecular complexity index is 562. The van der Waals surface area contributed by atoms with E-state index in [0.29, 0.717) is 18.0 Å². The van der Waals surface area contributed by atoms with E-state index in [0.717, 1.165) is 37.1 Å². The lowest BCUT2D eigenvalue weighted by atomic mass is 10.4. The summed E-state index contributed by atoms with van der Waals surface area (Å²) < 4.78 is 28.3. The summed E-state index contributed by atoms with van der Waals surface area (Å²) in [5.41, 5.74) is 0. The Morgan fingerprint density at radius 2 is 2.10 bits per heavy atom. The van der Waals surface area contributed by atoms with Crippen molar-refractivity contribution in [1.82, 2.24) is 19.4 Å². The molecule has 0 amide bonds. The lowest BCUT2D eigenvalue weighted by Crippen LogP contribution is -2.37. The van der Waals surface area contributed by atoms with Crippen LogP contribution in [0.15, 0.2) is 17.3 Å². The van der Waals surface area contributed by atoms with E-state index in [9.17, 15) is 8.42 Å². The standard InChI is InChI=1S/C13H22N4O2S2/c18-21(19,17-6-8-20-9-7-17)13-10-15-16(11-13)5-1-4-14-12-2-3-12/h10-12,14H,1-9H2. The number of aromatic nitrogens is 2. The van der Waals surface area contributed by atoms with Crippen LogP contribution in [0.5, 0.6) is 0 Å². The molecule has 118 valence electrons. The SMILES string of the molecule is O=S(=O)(c1cnn(CCCNC2CC2)c1)N1CCSCC1. The van der Waals surface area contributed by atoms with Gasteiger partial charge in [0.1, 0.15) is 4.90 Å².